The molecule has 1 aliphatic rings. The summed E-state index contributed by atoms with van der Waals surface area (Å²) in [7, 11) is -2.85. The van der Waals surface area contributed by atoms with Gasteiger partial charge in [0.05, 0.1) is 24.6 Å². The minimum absolute atomic E-state index is 0.0522. The largest absolute Gasteiger partial charge is 0.463 e. The highest BCUT2D eigenvalue weighted by atomic mass is 32.2. The zero-order valence-electron chi connectivity index (χ0n) is 13.1. The molecule has 1 N–H and O–H groups in total. The Morgan fingerprint density at radius 3 is 2.76 bits per heavy atom. The molecular weight excluding hydrogens is 288 g/mol. The van der Waals surface area contributed by atoms with Gasteiger partial charge in [-0.1, -0.05) is 13.8 Å². The topological polar surface area (TPSA) is 62.6 Å². The zero-order valence-corrected chi connectivity index (χ0v) is 13.9. The molecule has 1 saturated heterocycles. The van der Waals surface area contributed by atoms with Gasteiger partial charge in [0.2, 0.25) is 0 Å². The Morgan fingerprint density at radius 1 is 1.38 bits per heavy atom. The first-order valence-corrected chi connectivity index (χ1v) is 9.40. The molecule has 1 aromatic heterocycles. The second-order valence-corrected chi connectivity index (χ2v) is 8.56. The lowest BCUT2D eigenvalue weighted by molar-refractivity contribution is 0.199. The lowest BCUT2D eigenvalue weighted by atomic mass is 10.2. The van der Waals surface area contributed by atoms with Gasteiger partial charge in [-0.05, 0) is 31.5 Å². The molecule has 1 atom stereocenters. The number of nitrogens with one attached hydrogen (secondary N) is 1. The summed E-state index contributed by atoms with van der Waals surface area (Å²) < 4.78 is 29.0. The van der Waals surface area contributed by atoms with E-state index in [1.54, 1.807) is 0 Å². The van der Waals surface area contributed by atoms with Crippen molar-refractivity contribution in [2.45, 2.75) is 39.9 Å². The number of sulfone groups is 1. The van der Waals surface area contributed by atoms with E-state index in [-0.39, 0.29) is 17.5 Å². The third kappa shape index (κ3) is 5.13. The maximum absolute atomic E-state index is 11.6. The van der Waals surface area contributed by atoms with Crippen LogP contribution in [0.25, 0.3) is 0 Å². The van der Waals surface area contributed by atoms with E-state index in [2.05, 4.69) is 24.1 Å². The Balaban J connectivity index is 1.85. The fraction of sp³-hybridized carbons (Fsp3) is 0.733. The molecule has 21 heavy (non-hydrogen) atoms. The summed E-state index contributed by atoms with van der Waals surface area (Å²) in [6.07, 6.45) is 0. The highest BCUT2D eigenvalue weighted by molar-refractivity contribution is 7.91. The van der Waals surface area contributed by atoms with Gasteiger partial charge in [-0.25, -0.2) is 8.42 Å². The van der Waals surface area contributed by atoms with Crippen LogP contribution < -0.4 is 5.32 Å². The SMILES string of the molecule is CC(C)CNCc1ccc(CN2CCS(=O)(=O)CC2C)o1. The highest BCUT2D eigenvalue weighted by Gasteiger charge is 2.28. The molecule has 0 amide bonds. The van der Waals surface area contributed by atoms with Crippen molar-refractivity contribution in [3.63, 3.8) is 0 Å². The monoisotopic (exact) mass is 314 g/mol. The van der Waals surface area contributed by atoms with Crippen molar-refractivity contribution in [1.29, 1.82) is 0 Å². The molecule has 1 fully saturated rings. The molecule has 120 valence electrons. The van der Waals surface area contributed by atoms with E-state index in [1.807, 2.05) is 19.1 Å². The predicted molar refractivity (Wildman–Crippen MR) is 83.8 cm³/mol. The normalized spacial score (nSPS) is 22.8. The summed E-state index contributed by atoms with van der Waals surface area (Å²) in [5, 5.41) is 3.35. The summed E-state index contributed by atoms with van der Waals surface area (Å²) in [5.74, 6) is 2.96. The number of furan rings is 1. The van der Waals surface area contributed by atoms with Gasteiger partial charge in [-0.15, -0.1) is 0 Å². The van der Waals surface area contributed by atoms with E-state index < -0.39 is 9.84 Å². The maximum Gasteiger partial charge on any atom is 0.153 e. The Hall–Kier alpha value is -0.850. The summed E-state index contributed by atoms with van der Waals surface area (Å²) in [5.41, 5.74) is 0. The minimum Gasteiger partial charge on any atom is -0.463 e. The first-order chi connectivity index (χ1) is 9.85. The summed E-state index contributed by atoms with van der Waals surface area (Å²) in [6.45, 7) is 9.29. The molecule has 0 aliphatic carbocycles. The highest BCUT2D eigenvalue weighted by Crippen LogP contribution is 2.17. The molecule has 2 rings (SSSR count). The van der Waals surface area contributed by atoms with Gasteiger partial charge >= 0.3 is 0 Å². The van der Waals surface area contributed by atoms with Crippen molar-refractivity contribution < 1.29 is 12.8 Å². The molecule has 0 saturated carbocycles. The molecule has 0 spiro atoms. The zero-order chi connectivity index (χ0) is 15.5. The van der Waals surface area contributed by atoms with Gasteiger partial charge in [0.15, 0.2) is 9.84 Å². The Labute approximate surface area is 127 Å². The van der Waals surface area contributed by atoms with Crippen LogP contribution in [0.15, 0.2) is 16.5 Å². The van der Waals surface area contributed by atoms with Crippen LogP contribution >= 0.6 is 0 Å². The first-order valence-electron chi connectivity index (χ1n) is 7.58. The third-order valence-electron chi connectivity index (χ3n) is 3.74. The predicted octanol–water partition coefficient (Wildman–Crippen LogP) is 1.64. The fourth-order valence-corrected chi connectivity index (χ4v) is 4.18. The fourth-order valence-electron chi connectivity index (χ4n) is 2.55. The standard InChI is InChI=1S/C15H26N2O3S/c1-12(2)8-16-9-14-4-5-15(20-14)10-17-6-7-21(18,19)11-13(17)3/h4-5,12-13,16H,6-11H2,1-3H3. The van der Waals surface area contributed by atoms with Gasteiger partial charge in [-0.2, -0.15) is 0 Å². The minimum atomic E-state index is -2.85. The van der Waals surface area contributed by atoms with Crippen molar-refractivity contribution >= 4 is 9.84 Å². The lowest BCUT2D eigenvalue weighted by Crippen LogP contribution is -2.46. The van der Waals surface area contributed by atoms with E-state index in [1.165, 1.54) is 0 Å². The quantitative estimate of drug-likeness (QED) is 0.865. The summed E-state index contributed by atoms with van der Waals surface area (Å²) in [4.78, 5) is 2.17. The molecule has 5 nitrogen and oxygen atoms in total. The number of rotatable bonds is 6. The molecule has 0 aromatic carbocycles. The summed E-state index contributed by atoms with van der Waals surface area (Å²) in [6, 6.07) is 4.03. The molecule has 1 aliphatic heterocycles. The second kappa shape index (κ2) is 6.94. The second-order valence-electron chi connectivity index (χ2n) is 6.33. The van der Waals surface area contributed by atoms with Crippen LogP contribution in [0.4, 0.5) is 0 Å². The van der Waals surface area contributed by atoms with Gasteiger partial charge in [-0.3, -0.25) is 4.90 Å². The average molecular weight is 314 g/mol. The molecule has 0 bridgehead atoms. The maximum atomic E-state index is 11.6. The van der Waals surface area contributed by atoms with Gasteiger partial charge < -0.3 is 9.73 Å². The molecule has 2 heterocycles. The van der Waals surface area contributed by atoms with Crippen molar-refractivity contribution in [2.75, 3.05) is 24.6 Å². The molecule has 1 aromatic rings. The van der Waals surface area contributed by atoms with E-state index in [4.69, 9.17) is 4.42 Å². The van der Waals surface area contributed by atoms with Crippen LogP contribution in [0.5, 0.6) is 0 Å². The van der Waals surface area contributed by atoms with Crippen LogP contribution in [0.1, 0.15) is 32.3 Å². The van der Waals surface area contributed by atoms with Crippen molar-refractivity contribution in [3.05, 3.63) is 23.7 Å². The van der Waals surface area contributed by atoms with Crippen molar-refractivity contribution in [2.24, 2.45) is 5.92 Å². The van der Waals surface area contributed by atoms with Crippen molar-refractivity contribution in [1.82, 2.24) is 10.2 Å². The van der Waals surface area contributed by atoms with Crippen molar-refractivity contribution in [3.8, 4) is 0 Å². The number of hydrogen-bond acceptors (Lipinski definition) is 5. The Morgan fingerprint density at radius 2 is 2.10 bits per heavy atom. The molecular formula is C15H26N2O3S. The van der Waals surface area contributed by atoms with E-state index in [9.17, 15) is 8.42 Å². The average Bonchev–Trinajstić information content (AvgIpc) is 2.79. The van der Waals surface area contributed by atoms with E-state index in [0.717, 1.165) is 24.6 Å². The van der Waals surface area contributed by atoms with Crippen LogP contribution in [0.3, 0.4) is 0 Å². The summed E-state index contributed by atoms with van der Waals surface area (Å²) >= 11 is 0. The van der Waals surface area contributed by atoms with Crippen LogP contribution in [-0.4, -0.2) is 44.0 Å². The molecule has 1 unspecified atom stereocenters. The molecule has 0 radical (unpaired) electrons. The van der Waals surface area contributed by atoms with Crippen LogP contribution in [0.2, 0.25) is 0 Å². The Bertz CT molecular complexity index is 551. The van der Waals surface area contributed by atoms with E-state index in [0.29, 0.717) is 19.0 Å². The van der Waals surface area contributed by atoms with Gasteiger partial charge in [0.1, 0.15) is 11.5 Å². The van der Waals surface area contributed by atoms with Crippen LogP contribution in [-0.2, 0) is 22.9 Å². The first kappa shape index (κ1) is 16.5. The smallest absolute Gasteiger partial charge is 0.153 e. The number of hydrogen-bond donors (Lipinski definition) is 1. The van der Waals surface area contributed by atoms with Gasteiger partial charge in [0, 0.05) is 12.6 Å². The van der Waals surface area contributed by atoms with Crippen LogP contribution in [0, 0.1) is 5.92 Å². The lowest BCUT2D eigenvalue weighted by Gasteiger charge is -2.32. The van der Waals surface area contributed by atoms with Gasteiger partial charge in [0.25, 0.3) is 0 Å². The third-order valence-corrected chi connectivity index (χ3v) is 5.53. The number of nitrogens with zero attached hydrogens (tertiary/aromatic N) is 1. The Kier molecular flexibility index (Phi) is 5.46. The van der Waals surface area contributed by atoms with E-state index >= 15 is 0 Å². The molecule has 6 heteroatoms.